The number of alkyl halides is 1. The maximum absolute atomic E-state index is 12.2. The number of carbonyl (C=O) groups excluding carboxylic acids is 1. The zero-order valence-electron chi connectivity index (χ0n) is 11.1. The molecule has 0 heterocycles. The summed E-state index contributed by atoms with van der Waals surface area (Å²) in [6.07, 6.45) is 0. The third-order valence-electron chi connectivity index (χ3n) is 3.07. The molecule has 0 saturated carbocycles. The fourth-order valence-electron chi connectivity index (χ4n) is 1.88. The largest absolute Gasteiger partial charge is 0.346 e. The van der Waals surface area contributed by atoms with Crippen molar-refractivity contribution < 1.29 is 4.79 Å². The number of halogens is 2. The number of rotatable bonds is 4. The third-order valence-corrected chi connectivity index (χ3v) is 3.87. The van der Waals surface area contributed by atoms with Crippen LogP contribution >= 0.6 is 27.5 Å². The molecule has 0 spiro atoms. The summed E-state index contributed by atoms with van der Waals surface area (Å²) in [7, 11) is 0. The van der Waals surface area contributed by atoms with Crippen molar-refractivity contribution in [2.75, 3.05) is 0 Å². The second-order valence-electron chi connectivity index (χ2n) is 4.58. The van der Waals surface area contributed by atoms with E-state index >= 15 is 0 Å². The van der Waals surface area contributed by atoms with Crippen molar-refractivity contribution >= 4 is 33.4 Å². The lowest BCUT2D eigenvalue weighted by Crippen LogP contribution is -2.26. The molecule has 0 radical (unpaired) electrons. The summed E-state index contributed by atoms with van der Waals surface area (Å²) in [5.74, 6) is 0.370. The molecule has 2 aromatic carbocycles. The third kappa shape index (κ3) is 3.84. The Morgan fingerprint density at radius 3 is 2.55 bits per heavy atom. The van der Waals surface area contributed by atoms with E-state index in [9.17, 15) is 4.79 Å². The second kappa shape index (κ2) is 6.91. The van der Waals surface area contributed by atoms with E-state index in [-0.39, 0.29) is 11.9 Å². The Bertz CT molecular complexity index is 598. The Labute approximate surface area is 132 Å². The zero-order valence-corrected chi connectivity index (χ0v) is 13.4. The van der Waals surface area contributed by atoms with Crippen LogP contribution in [0.25, 0.3) is 0 Å². The summed E-state index contributed by atoms with van der Waals surface area (Å²) >= 11 is 9.17. The van der Waals surface area contributed by atoms with Crippen molar-refractivity contribution in [1.29, 1.82) is 0 Å². The SMILES string of the molecule is CC(NC(=O)c1ccc(CCl)cc1)c1cccc(Br)c1. The zero-order chi connectivity index (χ0) is 14.5. The lowest BCUT2D eigenvalue weighted by molar-refractivity contribution is 0.0940. The van der Waals surface area contributed by atoms with Crippen LogP contribution in [0.4, 0.5) is 0 Å². The quantitative estimate of drug-likeness (QED) is 0.795. The van der Waals surface area contributed by atoms with Gasteiger partial charge in [0.05, 0.1) is 6.04 Å². The van der Waals surface area contributed by atoms with Crippen LogP contribution in [0.1, 0.15) is 34.5 Å². The topological polar surface area (TPSA) is 29.1 Å². The van der Waals surface area contributed by atoms with E-state index in [0.29, 0.717) is 11.4 Å². The van der Waals surface area contributed by atoms with E-state index in [0.717, 1.165) is 15.6 Å². The number of nitrogens with one attached hydrogen (secondary N) is 1. The van der Waals surface area contributed by atoms with E-state index < -0.39 is 0 Å². The number of benzene rings is 2. The van der Waals surface area contributed by atoms with Gasteiger partial charge in [0.25, 0.3) is 5.91 Å². The lowest BCUT2D eigenvalue weighted by atomic mass is 10.1. The van der Waals surface area contributed by atoms with Crippen LogP contribution in [0.2, 0.25) is 0 Å². The maximum atomic E-state index is 12.2. The molecule has 0 aromatic heterocycles. The number of amides is 1. The first-order chi connectivity index (χ1) is 9.60. The summed E-state index contributed by atoms with van der Waals surface area (Å²) in [6, 6.07) is 15.2. The summed E-state index contributed by atoms with van der Waals surface area (Å²) in [5.41, 5.74) is 2.70. The molecule has 2 nitrogen and oxygen atoms in total. The van der Waals surface area contributed by atoms with Crippen molar-refractivity contribution in [1.82, 2.24) is 5.32 Å². The standard InChI is InChI=1S/C16H15BrClNO/c1-11(14-3-2-4-15(17)9-14)19-16(20)13-7-5-12(10-18)6-8-13/h2-9,11H,10H2,1H3,(H,19,20). The minimum absolute atomic E-state index is 0.0484. The molecule has 1 N–H and O–H groups in total. The van der Waals surface area contributed by atoms with E-state index in [1.54, 1.807) is 12.1 Å². The van der Waals surface area contributed by atoms with E-state index in [2.05, 4.69) is 21.2 Å². The molecule has 1 atom stereocenters. The molecule has 0 saturated heterocycles. The second-order valence-corrected chi connectivity index (χ2v) is 5.76. The van der Waals surface area contributed by atoms with Gasteiger partial charge in [0.1, 0.15) is 0 Å². The number of hydrogen-bond donors (Lipinski definition) is 1. The van der Waals surface area contributed by atoms with E-state index in [1.165, 1.54) is 0 Å². The minimum atomic E-state index is -0.0846. The van der Waals surface area contributed by atoms with Crippen molar-refractivity contribution in [2.45, 2.75) is 18.8 Å². The fraction of sp³-hybridized carbons (Fsp3) is 0.188. The summed E-state index contributed by atoms with van der Waals surface area (Å²) < 4.78 is 1.00. The Hall–Kier alpha value is -1.32. The van der Waals surface area contributed by atoms with Crippen molar-refractivity contribution in [2.24, 2.45) is 0 Å². The fourth-order valence-corrected chi connectivity index (χ4v) is 2.48. The smallest absolute Gasteiger partial charge is 0.251 e. The van der Waals surface area contributed by atoms with Gasteiger partial charge < -0.3 is 5.32 Å². The maximum Gasteiger partial charge on any atom is 0.251 e. The van der Waals surface area contributed by atoms with E-state index in [1.807, 2.05) is 43.3 Å². The first kappa shape index (κ1) is 15.1. The summed E-state index contributed by atoms with van der Waals surface area (Å²) in [4.78, 5) is 12.2. The molecular formula is C16H15BrClNO. The van der Waals surface area contributed by atoms with Crippen LogP contribution in [0.5, 0.6) is 0 Å². The van der Waals surface area contributed by atoms with Crippen LogP contribution in [0, 0.1) is 0 Å². The molecule has 2 rings (SSSR count). The van der Waals surface area contributed by atoms with Gasteiger partial charge in [0, 0.05) is 15.9 Å². The van der Waals surface area contributed by atoms with Crippen LogP contribution in [0.3, 0.4) is 0 Å². The van der Waals surface area contributed by atoms with Gasteiger partial charge in [-0.2, -0.15) is 0 Å². The molecule has 104 valence electrons. The monoisotopic (exact) mass is 351 g/mol. The van der Waals surface area contributed by atoms with Crippen molar-refractivity contribution in [3.63, 3.8) is 0 Å². The molecule has 0 bridgehead atoms. The molecule has 20 heavy (non-hydrogen) atoms. The molecule has 0 fully saturated rings. The Morgan fingerprint density at radius 2 is 1.95 bits per heavy atom. The molecule has 0 aliphatic heterocycles. The Balaban J connectivity index is 2.06. The van der Waals surface area contributed by atoms with E-state index in [4.69, 9.17) is 11.6 Å². The minimum Gasteiger partial charge on any atom is -0.346 e. The van der Waals surface area contributed by atoms with Gasteiger partial charge in [-0.1, -0.05) is 40.2 Å². The van der Waals surface area contributed by atoms with Gasteiger partial charge in [-0.3, -0.25) is 4.79 Å². The molecule has 1 unspecified atom stereocenters. The van der Waals surface area contributed by atoms with Crippen LogP contribution in [-0.2, 0) is 5.88 Å². The Morgan fingerprint density at radius 1 is 1.25 bits per heavy atom. The highest BCUT2D eigenvalue weighted by Gasteiger charge is 2.11. The molecule has 0 aliphatic carbocycles. The highest BCUT2D eigenvalue weighted by Crippen LogP contribution is 2.18. The van der Waals surface area contributed by atoms with Crippen LogP contribution in [-0.4, -0.2) is 5.91 Å². The van der Waals surface area contributed by atoms with Crippen molar-refractivity contribution in [3.8, 4) is 0 Å². The van der Waals surface area contributed by atoms with Crippen LogP contribution in [0.15, 0.2) is 53.0 Å². The number of hydrogen-bond acceptors (Lipinski definition) is 1. The predicted octanol–water partition coefficient (Wildman–Crippen LogP) is 4.68. The van der Waals surface area contributed by atoms with Gasteiger partial charge in [-0.05, 0) is 42.3 Å². The van der Waals surface area contributed by atoms with Gasteiger partial charge in [0.2, 0.25) is 0 Å². The predicted molar refractivity (Wildman–Crippen MR) is 86.0 cm³/mol. The molecule has 2 aromatic rings. The highest BCUT2D eigenvalue weighted by atomic mass is 79.9. The molecule has 0 aliphatic rings. The van der Waals surface area contributed by atoms with Gasteiger partial charge in [-0.15, -0.1) is 11.6 Å². The average molecular weight is 353 g/mol. The first-order valence-electron chi connectivity index (χ1n) is 6.31. The summed E-state index contributed by atoms with van der Waals surface area (Å²) in [5, 5.41) is 2.98. The number of carbonyl (C=O) groups is 1. The van der Waals surface area contributed by atoms with Gasteiger partial charge in [-0.25, -0.2) is 0 Å². The van der Waals surface area contributed by atoms with Gasteiger partial charge >= 0.3 is 0 Å². The molecular weight excluding hydrogens is 338 g/mol. The van der Waals surface area contributed by atoms with Crippen molar-refractivity contribution in [3.05, 3.63) is 69.7 Å². The Kier molecular flexibility index (Phi) is 5.21. The highest BCUT2D eigenvalue weighted by molar-refractivity contribution is 9.10. The lowest BCUT2D eigenvalue weighted by Gasteiger charge is -2.14. The van der Waals surface area contributed by atoms with Crippen LogP contribution < -0.4 is 5.32 Å². The first-order valence-corrected chi connectivity index (χ1v) is 7.64. The average Bonchev–Trinajstić information content (AvgIpc) is 2.47. The molecule has 1 amide bonds. The summed E-state index contributed by atoms with van der Waals surface area (Å²) in [6.45, 7) is 1.97. The normalized spacial score (nSPS) is 11.9. The molecule has 4 heteroatoms. The van der Waals surface area contributed by atoms with Gasteiger partial charge in [0.15, 0.2) is 0 Å².